The molecule has 2 aromatic rings. The third-order valence-electron chi connectivity index (χ3n) is 2.91. The molecule has 98 valence electrons. The molecule has 0 unspecified atom stereocenters. The second-order valence-corrected chi connectivity index (χ2v) is 4.76. The summed E-state index contributed by atoms with van der Waals surface area (Å²) in [6.07, 6.45) is 2.45. The predicted molar refractivity (Wildman–Crippen MR) is 80.1 cm³/mol. The zero-order valence-corrected chi connectivity index (χ0v) is 11.3. The summed E-state index contributed by atoms with van der Waals surface area (Å²) in [7, 11) is 0. The number of allylic oxidation sites excluding steroid dienone is 1. The number of benzene rings is 2. The van der Waals surface area contributed by atoms with Gasteiger partial charge in [-0.25, -0.2) is 0 Å². The Labute approximate surface area is 118 Å². The van der Waals surface area contributed by atoms with Gasteiger partial charge in [0.1, 0.15) is 5.76 Å². The van der Waals surface area contributed by atoms with Crippen LogP contribution in [0.3, 0.4) is 0 Å². The van der Waals surface area contributed by atoms with Gasteiger partial charge in [-0.05, 0) is 35.8 Å². The van der Waals surface area contributed by atoms with Gasteiger partial charge in [0.25, 0.3) is 0 Å². The highest BCUT2D eigenvalue weighted by Crippen LogP contribution is 2.17. The van der Waals surface area contributed by atoms with Crippen LogP contribution in [-0.4, -0.2) is 5.11 Å². The second-order valence-electron chi connectivity index (χ2n) is 4.32. The van der Waals surface area contributed by atoms with Crippen LogP contribution < -0.4 is 5.73 Å². The molecular weight excluding hydrogens is 258 g/mol. The molecule has 2 aromatic carbocycles. The Hall–Kier alpha value is -1.77. The molecular formula is C16H16ClNO. The summed E-state index contributed by atoms with van der Waals surface area (Å²) >= 11 is 5.89. The van der Waals surface area contributed by atoms with E-state index in [0.29, 0.717) is 18.0 Å². The fourth-order valence-corrected chi connectivity index (χ4v) is 1.98. The lowest BCUT2D eigenvalue weighted by molar-refractivity contribution is 0.510. The third-order valence-corrected chi connectivity index (χ3v) is 3.15. The van der Waals surface area contributed by atoms with Crippen LogP contribution in [0.25, 0.3) is 5.76 Å². The lowest BCUT2D eigenvalue weighted by Gasteiger charge is -2.02. The first kappa shape index (κ1) is 13.7. The fourth-order valence-electron chi connectivity index (χ4n) is 1.79. The summed E-state index contributed by atoms with van der Waals surface area (Å²) in [6, 6.07) is 15.2. The summed E-state index contributed by atoms with van der Waals surface area (Å²) in [4.78, 5) is 0. The molecule has 3 N–H and O–H groups in total. The number of hydrogen-bond acceptors (Lipinski definition) is 2. The van der Waals surface area contributed by atoms with E-state index in [-0.39, 0.29) is 5.76 Å². The van der Waals surface area contributed by atoms with Crippen LogP contribution in [0.5, 0.6) is 0 Å². The average molecular weight is 274 g/mol. The molecule has 0 aliphatic carbocycles. The summed E-state index contributed by atoms with van der Waals surface area (Å²) in [5.74, 6) is 0.241. The molecule has 2 rings (SSSR count). The highest BCUT2D eigenvalue weighted by atomic mass is 35.5. The highest BCUT2D eigenvalue weighted by Gasteiger charge is 1.99. The number of halogens is 1. The maximum absolute atomic E-state index is 9.99. The zero-order chi connectivity index (χ0) is 13.7. The minimum atomic E-state index is 0.241. The van der Waals surface area contributed by atoms with Gasteiger partial charge < -0.3 is 10.8 Å². The monoisotopic (exact) mass is 273 g/mol. The van der Waals surface area contributed by atoms with E-state index < -0.39 is 0 Å². The first-order valence-corrected chi connectivity index (χ1v) is 6.50. The van der Waals surface area contributed by atoms with E-state index in [2.05, 4.69) is 0 Å². The lowest BCUT2D eigenvalue weighted by atomic mass is 10.1. The van der Waals surface area contributed by atoms with Gasteiger partial charge in [0.15, 0.2) is 0 Å². The van der Waals surface area contributed by atoms with E-state index in [1.54, 1.807) is 18.2 Å². The largest absolute Gasteiger partial charge is 0.508 e. The maximum atomic E-state index is 9.99. The van der Waals surface area contributed by atoms with Crippen LogP contribution in [0.15, 0.2) is 54.6 Å². The van der Waals surface area contributed by atoms with E-state index in [1.807, 2.05) is 36.4 Å². The van der Waals surface area contributed by atoms with Gasteiger partial charge >= 0.3 is 0 Å². The number of aliphatic hydroxyl groups is 1. The Balaban J connectivity index is 2.08. The molecule has 0 aliphatic rings. The smallest absolute Gasteiger partial charge is 0.119 e. The summed E-state index contributed by atoms with van der Waals surface area (Å²) in [5.41, 5.74) is 8.51. The molecule has 0 radical (unpaired) electrons. The Morgan fingerprint density at radius 1 is 1.11 bits per heavy atom. The molecule has 0 saturated heterocycles. The van der Waals surface area contributed by atoms with Crippen LogP contribution in [0.1, 0.15) is 16.7 Å². The summed E-state index contributed by atoms with van der Waals surface area (Å²) in [6.45, 7) is 0.546. The minimum Gasteiger partial charge on any atom is -0.508 e. The topological polar surface area (TPSA) is 46.2 Å². The van der Waals surface area contributed by atoms with Crippen molar-refractivity contribution in [3.05, 3.63) is 76.3 Å². The van der Waals surface area contributed by atoms with Gasteiger partial charge in [0.2, 0.25) is 0 Å². The standard InChI is InChI=1S/C16H16ClNO/c17-15-3-1-2-14(10-15)16(19)9-8-12-4-6-13(11-18)7-5-12/h1-7,9-10,19H,8,11,18H2. The van der Waals surface area contributed by atoms with Crippen molar-refractivity contribution in [2.24, 2.45) is 5.73 Å². The van der Waals surface area contributed by atoms with Gasteiger partial charge in [-0.3, -0.25) is 0 Å². The van der Waals surface area contributed by atoms with Gasteiger partial charge in [-0.1, -0.05) is 48.0 Å². The number of nitrogens with two attached hydrogens (primary N) is 1. The van der Waals surface area contributed by atoms with Crippen LogP contribution in [0, 0.1) is 0 Å². The van der Waals surface area contributed by atoms with E-state index in [0.717, 1.165) is 16.7 Å². The van der Waals surface area contributed by atoms with Crippen LogP contribution in [-0.2, 0) is 13.0 Å². The molecule has 3 heteroatoms. The Morgan fingerprint density at radius 3 is 2.42 bits per heavy atom. The maximum Gasteiger partial charge on any atom is 0.119 e. The van der Waals surface area contributed by atoms with Crippen molar-refractivity contribution in [3.8, 4) is 0 Å². The van der Waals surface area contributed by atoms with Crippen LogP contribution in [0.2, 0.25) is 5.02 Å². The number of rotatable bonds is 4. The first-order chi connectivity index (χ1) is 9.19. The molecule has 0 atom stereocenters. The van der Waals surface area contributed by atoms with Crippen molar-refractivity contribution >= 4 is 17.4 Å². The second kappa shape index (κ2) is 6.41. The number of aliphatic hydroxyl groups excluding tert-OH is 1. The van der Waals surface area contributed by atoms with Crippen LogP contribution >= 0.6 is 11.6 Å². The molecule has 0 fully saturated rings. The Morgan fingerprint density at radius 2 is 1.79 bits per heavy atom. The average Bonchev–Trinajstić information content (AvgIpc) is 2.45. The molecule has 0 heterocycles. The number of hydrogen-bond donors (Lipinski definition) is 2. The van der Waals surface area contributed by atoms with Crippen LogP contribution in [0.4, 0.5) is 0 Å². The zero-order valence-electron chi connectivity index (χ0n) is 10.5. The van der Waals surface area contributed by atoms with Crippen molar-refractivity contribution < 1.29 is 5.11 Å². The summed E-state index contributed by atoms with van der Waals surface area (Å²) < 4.78 is 0. The molecule has 2 nitrogen and oxygen atoms in total. The summed E-state index contributed by atoms with van der Waals surface area (Å²) in [5, 5.41) is 10.6. The molecule has 0 aromatic heterocycles. The van der Waals surface area contributed by atoms with Gasteiger partial charge in [0, 0.05) is 17.1 Å². The minimum absolute atomic E-state index is 0.241. The van der Waals surface area contributed by atoms with E-state index in [9.17, 15) is 5.11 Å². The van der Waals surface area contributed by atoms with E-state index in [1.165, 1.54) is 0 Å². The van der Waals surface area contributed by atoms with E-state index in [4.69, 9.17) is 17.3 Å². The van der Waals surface area contributed by atoms with Crippen molar-refractivity contribution in [1.82, 2.24) is 0 Å². The lowest BCUT2D eigenvalue weighted by Crippen LogP contribution is -1.95. The molecule has 0 saturated carbocycles. The predicted octanol–water partition coefficient (Wildman–Crippen LogP) is 3.94. The Bertz CT molecular complexity index is 576. The SMILES string of the molecule is NCc1ccc(CC=C(O)c2cccc(Cl)c2)cc1. The Kier molecular flexibility index (Phi) is 4.61. The molecule has 0 bridgehead atoms. The van der Waals surface area contributed by atoms with Gasteiger partial charge in [-0.2, -0.15) is 0 Å². The quantitative estimate of drug-likeness (QED) is 0.829. The normalized spacial score (nSPS) is 11.6. The molecule has 0 spiro atoms. The third kappa shape index (κ3) is 3.85. The fraction of sp³-hybridized carbons (Fsp3) is 0.125. The van der Waals surface area contributed by atoms with E-state index >= 15 is 0 Å². The molecule has 0 amide bonds. The van der Waals surface area contributed by atoms with Crippen molar-refractivity contribution in [3.63, 3.8) is 0 Å². The van der Waals surface area contributed by atoms with Crippen molar-refractivity contribution in [2.75, 3.05) is 0 Å². The van der Waals surface area contributed by atoms with Gasteiger partial charge in [-0.15, -0.1) is 0 Å². The first-order valence-electron chi connectivity index (χ1n) is 6.12. The van der Waals surface area contributed by atoms with Crippen molar-refractivity contribution in [1.29, 1.82) is 0 Å². The highest BCUT2D eigenvalue weighted by molar-refractivity contribution is 6.30. The van der Waals surface area contributed by atoms with Crippen molar-refractivity contribution in [2.45, 2.75) is 13.0 Å². The molecule has 0 aliphatic heterocycles. The molecule has 19 heavy (non-hydrogen) atoms. The van der Waals surface area contributed by atoms with Gasteiger partial charge in [0.05, 0.1) is 0 Å².